The molecule has 1 aromatic heterocycles. The van der Waals surface area contributed by atoms with E-state index in [1.54, 1.807) is 0 Å². The van der Waals surface area contributed by atoms with Gasteiger partial charge in [0.25, 0.3) is 5.24 Å². The molecule has 3 aromatic rings. The summed E-state index contributed by atoms with van der Waals surface area (Å²) in [5.74, 6) is 1.21. The molecule has 0 radical (unpaired) electrons. The van der Waals surface area contributed by atoms with Gasteiger partial charge in [0, 0.05) is 17.5 Å². The fourth-order valence-corrected chi connectivity index (χ4v) is 3.88. The van der Waals surface area contributed by atoms with Crippen molar-refractivity contribution in [3.05, 3.63) is 77.7 Å². The maximum atomic E-state index is 12.2. The monoisotopic (exact) mass is 408 g/mol. The lowest BCUT2D eigenvalue weighted by Gasteiger charge is -2.26. The van der Waals surface area contributed by atoms with Gasteiger partial charge in [0.05, 0.1) is 18.1 Å². The summed E-state index contributed by atoms with van der Waals surface area (Å²) in [5, 5.41) is -0.284. The van der Waals surface area contributed by atoms with E-state index in [4.69, 9.17) is 9.15 Å². The quantitative estimate of drug-likeness (QED) is 0.569. The Kier molecular flexibility index (Phi) is 5.78. The number of aromatic nitrogens is 1. The predicted octanol–water partition coefficient (Wildman–Crippen LogP) is 4.60. The third-order valence-corrected chi connectivity index (χ3v) is 5.47. The maximum absolute atomic E-state index is 12.2. The zero-order chi connectivity index (χ0) is 20.2. The molecule has 1 aliphatic heterocycles. The predicted molar refractivity (Wildman–Crippen MR) is 110 cm³/mol. The van der Waals surface area contributed by atoms with Gasteiger partial charge < -0.3 is 9.15 Å². The molecular formula is C22H20N2O4S. The molecule has 6 nitrogen and oxygen atoms in total. The van der Waals surface area contributed by atoms with E-state index >= 15 is 0 Å². The number of carbonyl (C=O) groups is 2. The zero-order valence-electron chi connectivity index (χ0n) is 15.9. The van der Waals surface area contributed by atoms with Crippen LogP contribution >= 0.6 is 11.8 Å². The van der Waals surface area contributed by atoms with Gasteiger partial charge in [0.15, 0.2) is 6.23 Å². The SMILES string of the molecule is Cc1oc(-c2ccccc2)nc1CCOC(c1ccccc1)N1C(=O)CSC1=O. The minimum atomic E-state index is -0.744. The van der Waals surface area contributed by atoms with Crippen LogP contribution in [0.5, 0.6) is 0 Å². The van der Waals surface area contributed by atoms with E-state index in [0.29, 0.717) is 18.9 Å². The normalized spacial score (nSPS) is 15.1. The van der Waals surface area contributed by atoms with Crippen LogP contribution in [0.4, 0.5) is 4.79 Å². The molecular weight excluding hydrogens is 388 g/mol. The summed E-state index contributed by atoms with van der Waals surface area (Å²) in [6.07, 6.45) is -0.235. The number of hydrogen-bond donors (Lipinski definition) is 0. The van der Waals surface area contributed by atoms with E-state index < -0.39 is 6.23 Å². The van der Waals surface area contributed by atoms with E-state index in [0.717, 1.165) is 34.3 Å². The molecule has 2 amide bonds. The first-order valence-electron chi connectivity index (χ1n) is 9.30. The Hall–Kier alpha value is -2.90. The summed E-state index contributed by atoms with van der Waals surface area (Å²) in [7, 11) is 0. The van der Waals surface area contributed by atoms with Gasteiger partial charge in [0.1, 0.15) is 5.76 Å². The van der Waals surface area contributed by atoms with Crippen LogP contribution in [0.15, 0.2) is 65.1 Å². The highest BCUT2D eigenvalue weighted by Crippen LogP contribution is 2.31. The molecule has 1 atom stereocenters. The molecule has 0 aliphatic carbocycles. The molecule has 1 fully saturated rings. The van der Waals surface area contributed by atoms with Crippen LogP contribution in [0.1, 0.15) is 23.2 Å². The lowest BCUT2D eigenvalue weighted by atomic mass is 10.2. The van der Waals surface area contributed by atoms with Crippen molar-refractivity contribution >= 4 is 22.9 Å². The number of imide groups is 1. The summed E-state index contributed by atoms with van der Waals surface area (Å²) in [5.41, 5.74) is 2.47. The van der Waals surface area contributed by atoms with Crippen molar-refractivity contribution in [2.24, 2.45) is 0 Å². The largest absolute Gasteiger partial charge is 0.441 e. The van der Waals surface area contributed by atoms with Crippen LogP contribution < -0.4 is 0 Å². The first kappa shape index (κ1) is 19.4. The molecule has 0 saturated carbocycles. The molecule has 1 saturated heterocycles. The van der Waals surface area contributed by atoms with Crippen LogP contribution in [-0.2, 0) is 16.0 Å². The molecule has 0 bridgehead atoms. The second kappa shape index (κ2) is 8.63. The van der Waals surface area contributed by atoms with Crippen LogP contribution in [0.2, 0.25) is 0 Å². The van der Waals surface area contributed by atoms with Crippen molar-refractivity contribution < 1.29 is 18.7 Å². The average Bonchev–Trinajstić information content (AvgIpc) is 3.29. The van der Waals surface area contributed by atoms with E-state index in [1.165, 1.54) is 4.90 Å². The lowest BCUT2D eigenvalue weighted by molar-refractivity contribution is -0.135. The van der Waals surface area contributed by atoms with Gasteiger partial charge in [0.2, 0.25) is 11.8 Å². The summed E-state index contributed by atoms with van der Waals surface area (Å²) >= 11 is 1.000. The Morgan fingerprint density at radius 1 is 1.10 bits per heavy atom. The van der Waals surface area contributed by atoms with Gasteiger partial charge in [-0.3, -0.25) is 9.59 Å². The van der Waals surface area contributed by atoms with E-state index in [9.17, 15) is 9.59 Å². The molecule has 7 heteroatoms. The number of carbonyl (C=O) groups excluding carboxylic acids is 2. The van der Waals surface area contributed by atoms with Crippen molar-refractivity contribution in [2.45, 2.75) is 19.6 Å². The topological polar surface area (TPSA) is 72.6 Å². The number of rotatable bonds is 7. The molecule has 0 N–H and O–H groups in total. The van der Waals surface area contributed by atoms with Crippen molar-refractivity contribution in [1.29, 1.82) is 0 Å². The highest BCUT2D eigenvalue weighted by Gasteiger charge is 2.37. The number of amides is 2. The molecule has 2 heterocycles. The van der Waals surface area contributed by atoms with Crippen molar-refractivity contribution in [1.82, 2.24) is 9.88 Å². The van der Waals surface area contributed by atoms with Crippen molar-refractivity contribution in [2.75, 3.05) is 12.4 Å². The third-order valence-electron chi connectivity index (χ3n) is 4.63. The number of oxazole rings is 1. The molecule has 1 aliphatic rings. The summed E-state index contributed by atoms with van der Waals surface area (Å²) in [6, 6.07) is 19.0. The fourth-order valence-electron chi connectivity index (χ4n) is 3.16. The van der Waals surface area contributed by atoms with Crippen molar-refractivity contribution in [3.8, 4) is 11.5 Å². The van der Waals surface area contributed by atoms with Gasteiger partial charge in [-0.15, -0.1) is 0 Å². The van der Waals surface area contributed by atoms with Crippen LogP contribution in [0, 0.1) is 6.92 Å². The summed E-state index contributed by atoms with van der Waals surface area (Å²) in [6.45, 7) is 2.16. The average molecular weight is 408 g/mol. The number of thioether (sulfide) groups is 1. The van der Waals surface area contributed by atoms with Crippen LogP contribution in [-0.4, -0.2) is 33.4 Å². The number of aryl methyl sites for hydroxylation is 1. The fraction of sp³-hybridized carbons (Fsp3) is 0.227. The Balaban J connectivity index is 1.48. The second-order valence-corrected chi connectivity index (χ2v) is 7.52. The number of benzene rings is 2. The summed E-state index contributed by atoms with van der Waals surface area (Å²) < 4.78 is 11.8. The Bertz CT molecular complexity index is 988. The Morgan fingerprint density at radius 2 is 1.79 bits per heavy atom. The van der Waals surface area contributed by atoms with E-state index in [1.807, 2.05) is 67.6 Å². The lowest BCUT2D eigenvalue weighted by Crippen LogP contribution is -2.35. The van der Waals surface area contributed by atoms with Gasteiger partial charge >= 0.3 is 0 Å². The molecule has 0 spiro atoms. The van der Waals surface area contributed by atoms with Crippen LogP contribution in [0.3, 0.4) is 0 Å². The molecule has 1 unspecified atom stereocenters. The second-order valence-electron chi connectivity index (χ2n) is 6.59. The first-order chi connectivity index (χ1) is 14.1. The van der Waals surface area contributed by atoms with Gasteiger partial charge in [-0.25, -0.2) is 9.88 Å². The molecule has 148 valence electrons. The minimum Gasteiger partial charge on any atom is -0.441 e. The van der Waals surface area contributed by atoms with E-state index in [-0.39, 0.29) is 16.9 Å². The van der Waals surface area contributed by atoms with Gasteiger partial charge in [-0.1, -0.05) is 60.3 Å². The van der Waals surface area contributed by atoms with Crippen LogP contribution in [0.25, 0.3) is 11.5 Å². The van der Waals surface area contributed by atoms with E-state index in [2.05, 4.69) is 4.98 Å². The van der Waals surface area contributed by atoms with Gasteiger partial charge in [-0.2, -0.15) is 0 Å². The Morgan fingerprint density at radius 3 is 2.45 bits per heavy atom. The van der Waals surface area contributed by atoms with Gasteiger partial charge in [-0.05, 0) is 19.1 Å². The first-order valence-corrected chi connectivity index (χ1v) is 10.3. The minimum absolute atomic E-state index is 0.147. The highest BCUT2D eigenvalue weighted by molar-refractivity contribution is 8.14. The smallest absolute Gasteiger partial charge is 0.291 e. The third kappa shape index (κ3) is 4.26. The van der Waals surface area contributed by atoms with Crippen molar-refractivity contribution in [3.63, 3.8) is 0 Å². The summed E-state index contributed by atoms with van der Waals surface area (Å²) in [4.78, 5) is 30.2. The molecule has 2 aromatic carbocycles. The molecule has 4 rings (SSSR count). The number of hydrogen-bond acceptors (Lipinski definition) is 6. The Labute approximate surface area is 172 Å². The standard InChI is InChI=1S/C22H20N2O4S/c1-15-18(23-20(28-15)16-8-4-2-5-9-16)12-13-27-21(17-10-6-3-7-11-17)24-19(25)14-29-22(24)26/h2-11,21H,12-14H2,1H3. The zero-order valence-corrected chi connectivity index (χ0v) is 16.7. The maximum Gasteiger partial charge on any atom is 0.291 e. The highest BCUT2D eigenvalue weighted by atomic mass is 32.2. The number of ether oxygens (including phenoxy) is 1. The number of nitrogens with zero attached hydrogens (tertiary/aromatic N) is 2. The molecule has 29 heavy (non-hydrogen) atoms.